The fraction of sp³-hybridized carbons (Fsp3) is 0.179. The van der Waals surface area contributed by atoms with Crippen LogP contribution in [0.3, 0.4) is 0 Å². The molecule has 0 aliphatic carbocycles. The van der Waals surface area contributed by atoms with E-state index in [1.807, 2.05) is 31.2 Å². The van der Waals surface area contributed by atoms with E-state index in [2.05, 4.69) is 12.2 Å². The van der Waals surface area contributed by atoms with Crippen LogP contribution in [0, 0.1) is 6.92 Å². The van der Waals surface area contributed by atoms with Gasteiger partial charge in [-0.2, -0.15) is 0 Å². The average molecular weight is 489 g/mol. The van der Waals surface area contributed by atoms with Crippen molar-refractivity contribution in [2.45, 2.75) is 33.1 Å². The first-order valence-corrected chi connectivity index (χ1v) is 11.8. The molecule has 35 heavy (non-hydrogen) atoms. The summed E-state index contributed by atoms with van der Waals surface area (Å²) in [5.74, 6) is -1.17. The number of ether oxygens (including phenoxy) is 1. The molecule has 0 atom stereocenters. The number of anilines is 2. The van der Waals surface area contributed by atoms with E-state index in [1.54, 1.807) is 48.5 Å². The van der Waals surface area contributed by atoms with Gasteiger partial charge in [-0.3, -0.25) is 9.59 Å². The summed E-state index contributed by atoms with van der Waals surface area (Å²) in [4.78, 5) is 39.2. The van der Waals surface area contributed by atoms with E-state index in [0.29, 0.717) is 22.7 Å². The second-order valence-electron chi connectivity index (χ2n) is 8.31. The van der Waals surface area contributed by atoms with Crippen molar-refractivity contribution < 1.29 is 19.1 Å². The minimum Gasteiger partial charge on any atom is -0.423 e. The fourth-order valence-electron chi connectivity index (χ4n) is 3.64. The number of esters is 1. The van der Waals surface area contributed by atoms with Gasteiger partial charge in [-0.05, 0) is 73.9 Å². The van der Waals surface area contributed by atoms with Crippen LogP contribution in [0.25, 0.3) is 0 Å². The third-order valence-electron chi connectivity index (χ3n) is 5.66. The van der Waals surface area contributed by atoms with Crippen molar-refractivity contribution in [1.29, 1.82) is 0 Å². The molecule has 2 amide bonds. The van der Waals surface area contributed by atoms with Crippen molar-refractivity contribution in [3.8, 4) is 5.75 Å². The normalized spacial score (nSPS) is 13.4. The predicted molar refractivity (Wildman–Crippen MR) is 137 cm³/mol. The Labute approximate surface area is 209 Å². The van der Waals surface area contributed by atoms with Gasteiger partial charge < -0.3 is 10.1 Å². The number of rotatable bonds is 8. The monoisotopic (exact) mass is 488 g/mol. The average Bonchev–Trinajstić information content (AvgIpc) is 3.08. The lowest BCUT2D eigenvalue weighted by atomic mass is 10.1. The summed E-state index contributed by atoms with van der Waals surface area (Å²) in [6.07, 6.45) is 3.11. The zero-order valence-electron chi connectivity index (χ0n) is 19.5. The maximum atomic E-state index is 13.0. The molecular formula is C28H25ClN2O4. The highest BCUT2D eigenvalue weighted by Gasteiger charge is 2.38. The lowest BCUT2D eigenvalue weighted by Crippen LogP contribution is -2.32. The van der Waals surface area contributed by atoms with Crippen molar-refractivity contribution in [1.82, 2.24) is 0 Å². The van der Waals surface area contributed by atoms with Crippen LogP contribution in [0.5, 0.6) is 5.75 Å². The minimum absolute atomic E-state index is 0.0123. The molecule has 0 spiro atoms. The summed E-state index contributed by atoms with van der Waals surface area (Å²) in [6, 6.07) is 20.9. The number of hydrogen-bond acceptors (Lipinski definition) is 5. The molecule has 4 rings (SSSR count). The number of nitrogens with zero attached hydrogens (tertiary/aromatic N) is 1. The molecule has 1 N–H and O–H groups in total. The van der Waals surface area contributed by atoms with Crippen LogP contribution in [0.15, 0.2) is 83.5 Å². The van der Waals surface area contributed by atoms with E-state index in [9.17, 15) is 14.4 Å². The first-order chi connectivity index (χ1) is 16.9. The highest BCUT2D eigenvalue weighted by Crippen LogP contribution is 2.30. The van der Waals surface area contributed by atoms with Crippen molar-refractivity contribution in [2.75, 3.05) is 10.2 Å². The van der Waals surface area contributed by atoms with E-state index in [0.717, 1.165) is 35.3 Å². The summed E-state index contributed by atoms with van der Waals surface area (Å²) in [6.45, 7) is 4.08. The third-order valence-corrected chi connectivity index (χ3v) is 6.01. The summed E-state index contributed by atoms with van der Waals surface area (Å²) < 4.78 is 5.37. The van der Waals surface area contributed by atoms with Crippen molar-refractivity contribution in [3.63, 3.8) is 0 Å². The maximum Gasteiger partial charge on any atom is 0.343 e. The quantitative estimate of drug-likeness (QED) is 0.239. The Morgan fingerprint density at radius 1 is 0.914 bits per heavy atom. The Balaban J connectivity index is 1.44. The fourth-order valence-corrected chi connectivity index (χ4v) is 3.86. The first kappa shape index (κ1) is 24.2. The molecule has 0 fully saturated rings. The molecule has 0 unspecified atom stereocenters. The van der Waals surface area contributed by atoms with Crippen molar-refractivity contribution >= 4 is 40.8 Å². The van der Waals surface area contributed by atoms with Crippen LogP contribution < -0.4 is 15.0 Å². The topological polar surface area (TPSA) is 75.7 Å². The van der Waals surface area contributed by atoms with E-state index in [-0.39, 0.29) is 10.7 Å². The third kappa shape index (κ3) is 5.44. The molecule has 0 radical (unpaired) electrons. The van der Waals surface area contributed by atoms with Crippen LogP contribution in [-0.4, -0.2) is 17.8 Å². The molecule has 0 saturated heterocycles. The lowest BCUT2D eigenvalue weighted by Gasteiger charge is -2.15. The van der Waals surface area contributed by atoms with Gasteiger partial charge in [0.15, 0.2) is 0 Å². The van der Waals surface area contributed by atoms with E-state index in [1.165, 1.54) is 0 Å². The molecule has 1 aliphatic heterocycles. The molecule has 6 nitrogen and oxygen atoms in total. The molecule has 3 aromatic carbocycles. The zero-order chi connectivity index (χ0) is 24.9. The van der Waals surface area contributed by atoms with Gasteiger partial charge in [0.1, 0.15) is 16.5 Å². The summed E-state index contributed by atoms with van der Waals surface area (Å²) in [7, 11) is 0. The predicted octanol–water partition coefficient (Wildman–Crippen LogP) is 5.99. The molecule has 1 heterocycles. The molecule has 3 aromatic rings. The lowest BCUT2D eigenvalue weighted by molar-refractivity contribution is -0.120. The molecule has 1 aliphatic rings. The standard InChI is InChI=1S/C28H25ClN2O4/c1-3-4-5-19-8-14-22(15-9-19)31-26(32)24(29)25(27(31)33)30-21-12-10-20(11-13-21)28(34)35-23-16-6-18(2)7-17-23/h6-17,30H,3-5H2,1-2H3. The van der Waals surface area contributed by atoms with E-state index >= 15 is 0 Å². The number of hydrogen-bond donors (Lipinski definition) is 1. The van der Waals surface area contributed by atoms with Gasteiger partial charge in [0.25, 0.3) is 11.8 Å². The summed E-state index contributed by atoms with van der Waals surface area (Å²) in [5, 5.41) is 2.73. The first-order valence-electron chi connectivity index (χ1n) is 11.4. The van der Waals surface area contributed by atoms with Crippen molar-refractivity contribution in [3.05, 3.63) is 100 Å². The van der Waals surface area contributed by atoms with Gasteiger partial charge in [0.2, 0.25) is 0 Å². The van der Waals surface area contributed by atoms with Gasteiger partial charge >= 0.3 is 5.97 Å². The van der Waals surface area contributed by atoms with Gasteiger partial charge in [0.05, 0.1) is 11.3 Å². The highest BCUT2D eigenvalue weighted by atomic mass is 35.5. The zero-order valence-corrected chi connectivity index (χ0v) is 20.3. The number of carbonyl (C=O) groups is 3. The van der Waals surface area contributed by atoms with Gasteiger partial charge in [-0.15, -0.1) is 0 Å². The second-order valence-corrected chi connectivity index (χ2v) is 8.69. The Morgan fingerprint density at radius 3 is 2.20 bits per heavy atom. The Hall–Kier alpha value is -3.90. The number of carbonyl (C=O) groups excluding carboxylic acids is 3. The van der Waals surface area contributed by atoms with E-state index in [4.69, 9.17) is 16.3 Å². The molecule has 0 bridgehead atoms. The van der Waals surface area contributed by atoms with Gasteiger partial charge in [-0.1, -0.05) is 54.8 Å². The van der Waals surface area contributed by atoms with Crippen LogP contribution in [0.1, 0.15) is 41.3 Å². The largest absolute Gasteiger partial charge is 0.423 e. The summed E-state index contributed by atoms with van der Waals surface area (Å²) in [5.41, 5.74) is 3.51. The number of amides is 2. The van der Waals surface area contributed by atoms with Crippen molar-refractivity contribution in [2.24, 2.45) is 0 Å². The molecule has 7 heteroatoms. The van der Waals surface area contributed by atoms with Crippen LogP contribution in [0.4, 0.5) is 11.4 Å². The SMILES string of the molecule is CCCCc1ccc(N2C(=O)C(Cl)=C(Nc3ccc(C(=O)Oc4ccc(C)cc4)cc3)C2=O)cc1. The molecule has 0 aromatic heterocycles. The second kappa shape index (κ2) is 10.6. The number of benzene rings is 3. The highest BCUT2D eigenvalue weighted by molar-refractivity contribution is 6.53. The van der Waals surface area contributed by atoms with Gasteiger partial charge in [0, 0.05) is 5.69 Å². The Bertz CT molecular complexity index is 1280. The van der Waals surface area contributed by atoms with Gasteiger partial charge in [-0.25, -0.2) is 9.69 Å². The number of nitrogens with one attached hydrogen (secondary N) is 1. The van der Waals surface area contributed by atoms with Crippen LogP contribution in [0.2, 0.25) is 0 Å². The number of imide groups is 1. The maximum absolute atomic E-state index is 13.0. The van der Waals surface area contributed by atoms with Crippen LogP contribution >= 0.6 is 11.6 Å². The molecular weight excluding hydrogens is 464 g/mol. The van der Waals surface area contributed by atoms with Crippen LogP contribution in [-0.2, 0) is 16.0 Å². The number of halogens is 1. The number of aryl methyl sites for hydroxylation is 2. The Morgan fingerprint density at radius 2 is 1.57 bits per heavy atom. The molecule has 178 valence electrons. The minimum atomic E-state index is -0.584. The smallest absolute Gasteiger partial charge is 0.343 e. The van der Waals surface area contributed by atoms with E-state index < -0.39 is 17.8 Å². The number of unbranched alkanes of at least 4 members (excludes halogenated alkanes) is 1. The summed E-state index contributed by atoms with van der Waals surface area (Å²) >= 11 is 6.23. The molecule has 0 saturated carbocycles. The Kier molecular flexibility index (Phi) is 7.32.